The van der Waals surface area contributed by atoms with Crippen LogP contribution in [0.1, 0.15) is 41.6 Å². The molecule has 2 N–H and O–H groups in total. The molecule has 0 saturated carbocycles. The summed E-state index contributed by atoms with van der Waals surface area (Å²) in [5, 5.41) is 12.1. The summed E-state index contributed by atoms with van der Waals surface area (Å²) in [5.41, 5.74) is 5.61. The Morgan fingerprint density at radius 1 is 1.00 bits per heavy atom. The summed E-state index contributed by atoms with van der Waals surface area (Å²) in [7, 11) is 2.05. The second-order valence-electron chi connectivity index (χ2n) is 10.3. The first-order chi connectivity index (χ1) is 19.6. The van der Waals surface area contributed by atoms with E-state index in [1.807, 2.05) is 72.8 Å². The van der Waals surface area contributed by atoms with E-state index in [-0.39, 0.29) is 31.3 Å². The first kappa shape index (κ1) is 31.5. The number of alkyl halides is 3. The molecule has 1 aliphatic heterocycles. The van der Waals surface area contributed by atoms with Gasteiger partial charge in [0.1, 0.15) is 0 Å². The summed E-state index contributed by atoms with van der Waals surface area (Å²) in [5.74, 6) is -0.592. The van der Waals surface area contributed by atoms with Gasteiger partial charge in [0.2, 0.25) is 0 Å². The van der Waals surface area contributed by atoms with Crippen LogP contribution in [0.15, 0.2) is 85.5 Å². The molecule has 0 bridgehead atoms. The molecule has 4 rings (SSSR count). The summed E-state index contributed by atoms with van der Waals surface area (Å²) in [4.78, 5) is 14.2. The van der Waals surface area contributed by atoms with Crippen LogP contribution in [0.3, 0.4) is 0 Å². The number of nitrogens with one attached hydrogen (secondary N) is 1. The Hall–Kier alpha value is -2.42. The molecule has 1 aliphatic rings. The van der Waals surface area contributed by atoms with Crippen molar-refractivity contribution >= 4 is 40.7 Å². The number of aliphatic hydroxyl groups is 1. The van der Waals surface area contributed by atoms with Gasteiger partial charge >= 0.3 is 0 Å². The minimum absolute atomic E-state index is 0.00463. The number of nitrogens with zero attached hydrogens (tertiary/aromatic N) is 1. The maximum atomic E-state index is 12.0. The van der Waals surface area contributed by atoms with Crippen LogP contribution >= 0.6 is 34.8 Å². The number of carbonyl (C=O) groups excluding carboxylic acids is 1. The molecule has 1 amide bonds. The van der Waals surface area contributed by atoms with Gasteiger partial charge in [-0.25, -0.2) is 0 Å². The van der Waals surface area contributed by atoms with Gasteiger partial charge < -0.3 is 24.8 Å². The predicted octanol–water partition coefficient (Wildman–Crippen LogP) is 6.74. The Kier molecular flexibility index (Phi) is 10.9. The number of aliphatic hydroxyl groups excluding tert-OH is 1. The number of rotatable bonds is 10. The number of carbonyl (C=O) groups is 1. The fourth-order valence-electron chi connectivity index (χ4n) is 4.94. The van der Waals surface area contributed by atoms with E-state index in [4.69, 9.17) is 44.3 Å². The summed E-state index contributed by atoms with van der Waals surface area (Å²) in [6, 6.07) is 23.8. The second-order valence-corrected chi connectivity index (χ2v) is 12.6. The number of ether oxygens (including phenoxy) is 2. The van der Waals surface area contributed by atoms with Crippen molar-refractivity contribution in [3.8, 4) is 11.1 Å². The molecular weight excluding hydrogens is 583 g/mol. The summed E-state index contributed by atoms with van der Waals surface area (Å²) < 4.78 is 11.2. The van der Waals surface area contributed by atoms with Crippen LogP contribution in [0.25, 0.3) is 11.1 Å². The van der Waals surface area contributed by atoms with E-state index in [1.54, 1.807) is 0 Å². The van der Waals surface area contributed by atoms with Crippen LogP contribution in [0.5, 0.6) is 0 Å². The number of amides is 1. The fraction of sp³-hybridized carbons (Fsp3) is 0.344. The van der Waals surface area contributed by atoms with Crippen LogP contribution in [-0.4, -0.2) is 45.9 Å². The zero-order valence-corrected chi connectivity index (χ0v) is 25.4. The van der Waals surface area contributed by atoms with Crippen molar-refractivity contribution in [2.45, 2.75) is 42.4 Å². The quantitative estimate of drug-likeness (QED) is 0.195. The van der Waals surface area contributed by atoms with E-state index >= 15 is 0 Å². The molecule has 9 heteroatoms. The maximum absolute atomic E-state index is 12.0. The van der Waals surface area contributed by atoms with Gasteiger partial charge in [0.05, 0.1) is 18.8 Å². The third-order valence-corrected chi connectivity index (χ3v) is 7.70. The summed E-state index contributed by atoms with van der Waals surface area (Å²) in [6.45, 7) is 7.71. The fourth-order valence-corrected chi connectivity index (χ4v) is 5.14. The maximum Gasteiger partial charge on any atom is 0.272 e. The molecule has 1 fully saturated rings. The molecule has 0 spiro atoms. The van der Waals surface area contributed by atoms with Crippen LogP contribution in [0.2, 0.25) is 0 Å². The molecule has 3 aromatic rings. The van der Waals surface area contributed by atoms with E-state index in [2.05, 4.69) is 36.8 Å². The van der Waals surface area contributed by atoms with Gasteiger partial charge in [-0.3, -0.25) is 4.79 Å². The molecule has 218 valence electrons. The highest BCUT2D eigenvalue weighted by atomic mass is 35.6. The van der Waals surface area contributed by atoms with Gasteiger partial charge in [-0.15, -0.1) is 6.58 Å². The largest absolute Gasteiger partial charge is 0.392 e. The van der Waals surface area contributed by atoms with Gasteiger partial charge in [0.15, 0.2) is 6.29 Å². The highest BCUT2D eigenvalue weighted by Crippen LogP contribution is 2.42. The number of halogens is 3. The highest BCUT2D eigenvalue weighted by molar-refractivity contribution is 6.76. The number of benzene rings is 3. The van der Waals surface area contributed by atoms with E-state index in [0.29, 0.717) is 0 Å². The monoisotopic (exact) mass is 616 g/mol. The van der Waals surface area contributed by atoms with Crippen molar-refractivity contribution in [1.29, 1.82) is 0 Å². The zero-order chi connectivity index (χ0) is 29.6. The van der Waals surface area contributed by atoms with Gasteiger partial charge in [0.25, 0.3) is 9.70 Å². The lowest BCUT2D eigenvalue weighted by atomic mass is 9.90. The Labute approximate surface area is 256 Å². The minimum atomic E-state index is -2.01. The third-order valence-electron chi connectivity index (χ3n) is 7.19. The van der Waals surface area contributed by atoms with Gasteiger partial charge in [0, 0.05) is 31.1 Å². The van der Waals surface area contributed by atoms with Crippen molar-refractivity contribution in [3.63, 3.8) is 0 Å². The predicted molar refractivity (Wildman–Crippen MR) is 165 cm³/mol. The van der Waals surface area contributed by atoms with Crippen LogP contribution in [0.4, 0.5) is 0 Å². The van der Waals surface area contributed by atoms with Gasteiger partial charge in [-0.2, -0.15) is 0 Å². The van der Waals surface area contributed by atoms with Crippen LogP contribution < -0.4 is 5.32 Å². The van der Waals surface area contributed by atoms with Crippen molar-refractivity contribution in [2.24, 2.45) is 5.92 Å². The molecule has 1 heterocycles. The summed E-state index contributed by atoms with van der Waals surface area (Å²) >= 11 is 17.0. The first-order valence-corrected chi connectivity index (χ1v) is 14.6. The lowest BCUT2D eigenvalue weighted by Gasteiger charge is -2.42. The van der Waals surface area contributed by atoms with Crippen molar-refractivity contribution < 1.29 is 19.4 Å². The first-order valence-electron chi connectivity index (χ1n) is 13.4. The average molecular weight is 618 g/mol. The average Bonchev–Trinajstić information content (AvgIpc) is 2.97. The van der Waals surface area contributed by atoms with E-state index in [9.17, 15) is 9.90 Å². The Morgan fingerprint density at radius 3 is 2.34 bits per heavy atom. The number of hydrogen-bond donors (Lipinski definition) is 2. The van der Waals surface area contributed by atoms with Gasteiger partial charge in [-0.1, -0.05) is 108 Å². The lowest BCUT2D eigenvalue weighted by Crippen LogP contribution is -2.43. The van der Waals surface area contributed by atoms with Crippen LogP contribution in [0, 0.1) is 5.92 Å². The molecule has 0 aromatic heterocycles. The van der Waals surface area contributed by atoms with E-state index in [0.717, 1.165) is 46.5 Å². The third kappa shape index (κ3) is 8.33. The van der Waals surface area contributed by atoms with E-state index < -0.39 is 16.0 Å². The van der Waals surface area contributed by atoms with Crippen molar-refractivity contribution in [1.82, 2.24) is 10.2 Å². The van der Waals surface area contributed by atoms with Gasteiger partial charge in [-0.05, 0) is 47.0 Å². The molecule has 0 aliphatic carbocycles. The zero-order valence-electron chi connectivity index (χ0n) is 23.1. The van der Waals surface area contributed by atoms with Crippen molar-refractivity contribution in [3.05, 3.63) is 108 Å². The van der Waals surface area contributed by atoms with Crippen molar-refractivity contribution in [2.75, 3.05) is 20.1 Å². The molecule has 3 aromatic carbocycles. The molecule has 4 unspecified atom stereocenters. The molecule has 4 atom stereocenters. The Balaban J connectivity index is 1.59. The SMILES string of the molecule is C=CCN(C)CC1OC(c2cccc(-c3cccc(CNC(=O)C(Cl)(Cl)Cl)c3)c2)OC(c2ccc(CO)cc2)C1C. The molecular formula is C32H35Cl3N2O4. The van der Waals surface area contributed by atoms with Crippen LogP contribution in [-0.2, 0) is 27.4 Å². The smallest absolute Gasteiger partial charge is 0.272 e. The highest BCUT2D eigenvalue weighted by Gasteiger charge is 2.38. The Morgan fingerprint density at radius 2 is 1.68 bits per heavy atom. The summed E-state index contributed by atoms with van der Waals surface area (Å²) in [6.07, 6.45) is 1.02. The minimum Gasteiger partial charge on any atom is -0.392 e. The lowest BCUT2D eigenvalue weighted by molar-refractivity contribution is -0.275. The standard InChI is InChI=1S/C32H35Cl3N2O4/c1-4-15-37(3)19-28-21(2)29(24-13-11-22(20-38)12-14-24)41-30(40-28)27-10-6-9-26(17-27)25-8-5-7-23(16-25)18-36-31(39)32(33,34)35/h4-14,16-17,21,28-30,38H,1,15,18-20H2,2-3H3,(H,36,39). The second kappa shape index (κ2) is 14.2. The number of hydrogen-bond acceptors (Lipinski definition) is 5. The topological polar surface area (TPSA) is 71.0 Å². The molecule has 41 heavy (non-hydrogen) atoms. The number of likely N-dealkylation sites (N-methyl/N-ethyl adjacent to an activating group) is 1. The normalized spacial score (nSPS) is 21.0. The molecule has 0 radical (unpaired) electrons. The molecule has 6 nitrogen and oxygen atoms in total. The molecule has 1 saturated heterocycles. The van der Waals surface area contributed by atoms with E-state index in [1.165, 1.54) is 0 Å². The Bertz CT molecular complexity index is 1330.